The van der Waals surface area contributed by atoms with Gasteiger partial charge >= 0.3 is 0 Å². The maximum atomic E-state index is 9.58. The molecule has 0 saturated carbocycles. The predicted molar refractivity (Wildman–Crippen MR) is 270 cm³/mol. The van der Waals surface area contributed by atoms with E-state index in [0.717, 1.165) is 38.6 Å². The van der Waals surface area contributed by atoms with Gasteiger partial charge in [0, 0.05) is 21.6 Å². The summed E-state index contributed by atoms with van der Waals surface area (Å²) < 4.78 is 6.14. The Bertz CT molecular complexity index is 3890. The zero-order valence-corrected chi connectivity index (χ0v) is 36.8. The number of rotatable bonds is 4. The van der Waals surface area contributed by atoms with Crippen molar-refractivity contribution in [3.05, 3.63) is 216 Å². The first-order valence-corrected chi connectivity index (χ1v) is 22.6. The van der Waals surface area contributed by atoms with Gasteiger partial charge in [0.1, 0.15) is 11.2 Å². The molecular formula is C63H43NO. The number of nitrogens with zero attached hydrogens (tertiary/aromatic N) is 1. The molecule has 0 N–H and O–H groups in total. The predicted octanol–water partition coefficient (Wildman–Crippen LogP) is 17.0. The lowest BCUT2D eigenvalue weighted by Crippen LogP contribution is -2.15. The van der Waals surface area contributed by atoms with E-state index in [1.807, 2.05) is 24.3 Å². The largest absolute Gasteiger partial charge is 0.456 e. The number of nitriles is 1. The molecule has 0 saturated heterocycles. The van der Waals surface area contributed by atoms with Gasteiger partial charge < -0.3 is 4.42 Å². The van der Waals surface area contributed by atoms with Gasteiger partial charge in [0.15, 0.2) is 0 Å². The Hall–Kier alpha value is -7.99. The van der Waals surface area contributed by atoms with Gasteiger partial charge in [-0.2, -0.15) is 5.26 Å². The number of furan rings is 1. The zero-order chi connectivity index (χ0) is 43.8. The molecule has 0 atom stereocenters. The van der Waals surface area contributed by atoms with Crippen molar-refractivity contribution in [2.75, 3.05) is 0 Å². The topological polar surface area (TPSA) is 36.9 Å². The summed E-state index contributed by atoms with van der Waals surface area (Å²) >= 11 is 0. The molecule has 65 heavy (non-hydrogen) atoms. The van der Waals surface area contributed by atoms with Crippen LogP contribution in [0.15, 0.2) is 192 Å². The number of fused-ring (bicyclic) bond motifs is 11. The maximum Gasteiger partial charge on any atom is 0.135 e. The summed E-state index contributed by atoms with van der Waals surface area (Å²) in [6.07, 6.45) is 0. The van der Waals surface area contributed by atoms with Gasteiger partial charge in [-0.25, -0.2) is 0 Å². The van der Waals surface area contributed by atoms with Crippen molar-refractivity contribution < 1.29 is 4.42 Å². The number of hydrogen-bond acceptors (Lipinski definition) is 2. The van der Waals surface area contributed by atoms with Gasteiger partial charge in [0.25, 0.3) is 0 Å². The van der Waals surface area contributed by atoms with Crippen molar-refractivity contribution >= 4 is 43.5 Å². The van der Waals surface area contributed by atoms with Crippen LogP contribution in [0.4, 0.5) is 0 Å². The van der Waals surface area contributed by atoms with E-state index in [1.165, 1.54) is 93.9 Å². The zero-order valence-electron chi connectivity index (χ0n) is 36.8. The molecular weight excluding hydrogens is 787 g/mol. The molecule has 2 nitrogen and oxygen atoms in total. The third-order valence-electron chi connectivity index (χ3n) is 14.9. The molecule has 2 aliphatic carbocycles. The Balaban J connectivity index is 1.00. The highest BCUT2D eigenvalue weighted by Crippen LogP contribution is 2.54. The molecule has 1 aromatic heterocycles. The van der Waals surface area contributed by atoms with Gasteiger partial charge in [-0.05, 0) is 159 Å². The van der Waals surface area contributed by atoms with E-state index in [2.05, 4.69) is 198 Å². The molecule has 0 unspecified atom stereocenters. The molecule has 10 aromatic carbocycles. The second kappa shape index (κ2) is 13.5. The smallest absolute Gasteiger partial charge is 0.135 e. The SMILES string of the molecule is CC1(C)c2ccccc2-c2ccc(-c3c4ccccc4c(-c4ccc5c(c4)C(C)(C)c4ccccc4-5)c4cc(-c5ccc(-c6ccc7oc8ccc(C#N)cc8c7c6)cc5)ccc34)cc21. The van der Waals surface area contributed by atoms with Crippen LogP contribution >= 0.6 is 0 Å². The first-order valence-electron chi connectivity index (χ1n) is 22.6. The minimum Gasteiger partial charge on any atom is -0.456 e. The van der Waals surface area contributed by atoms with E-state index in [-0.39, 0.29) is 10.8 Å². The fourth-order valence-corrected chi connectivity index (χ4v) is 11.6. The Morgan fingerprint density at radius 1 is 0.338 bits per heavy atom. The maximum absolute atomic E-state index is 9.58. The standard InChI is InChI=1S/C63H43NO/c1-62(2)54-15-9-7-11-44(54)46-26-23-42(34-56(46)62)60-48-13-5-6-14-49(48)61(43-24-27-47-45-12-8-10-16-55(45)63(3,4)57(47)35-43)53-33-40(22-28-50(53)60)38-18-20-39(21-19-38)41-25-30-59-52(32-41)51-31-37(36-64)17-29-58(51)65-59/h5-35H,1-4H3. The van der Waals surface area contributed by atoms with Crippen molar-refractivity contribution in [1.29, 1.82) is 5.26 Å². The quantitative estimate of drug-likeness (QED) is 0.166. The Morgan fingerprint density at radius 2 is 0.754 bits per heavy atom. The minimum atomic E-state index is -0.121. The monoisotopic (exact) mass is 829 g/mol. The molecule has 2 heteroatoms. The summed E-state index contributed by atoms with van der Waals surface area (Å²) in [5.74, 6) is 0. The van der Waals surface area contributed by atoms with Crippen LogP contribution in [0.5, 0.6) is 0 Å². The van der Waals surface area contributed by atoms with Crippen LogP contribution in [0.1, 0.15) is 55.5 Å². The second-order valence-electron chi connectivity index (χ2n) is 19.1. The lowest BCUT2D eigenvalue weighted by molar-refractivity contribution is 0.660. The van der Waals surface area contributed by atoms with Crippen molar-refractivity contribution in [3.8, 4) is 72.8 Å². The Kier molecular flexibility index (Phi) is 7.81. The van der Waals surface area contributed by atoms with E-state index in [1.54, 1.807) is 0 Å². The van der Waals surface area contributed by atoms with Gasteiger partial charge in [-0.15, -0.1) is 0 Å². The van der Waals surface area contributed by atoms with Crippen LogP contribution in [0.2, 0.25) is 0 Å². The van der Waals surface area contributed by atoms with Crippen LogP contribution in [0.3, 0.4) is 0 Å². The Labute approximate surface area is 378 Å². The van der Waals surface area contributed by atoms with Crippen LogP contribution < -0.4 is 0 Å². The summed E-state index contributed by atoms with van der Waals surface area (Å²) in [5.41, 5.74) is 22.4. The van der Waals surface area contributed by atoms with Crippen LogP contribution in [-0.2, 0) is 10.8 Å². The molecule has 0 fully saturated rings. The number of hydrogen-bond donors (Lipinski definition) is 0. The molecule has 0 bridgehead atoms. The molecule has 0 aliphatic heterocycles. The molecule has 0 radical (unpaired) electrons. The van der Waals surface area contributed by atoms with Crippen molar-refractivity contribution in [2.24, 2.45) is 0 Å². The van der Waals surface area contributed by atoms with E-state index in [0.29, 0.717) is 5.56 Å². The average molecular weight is 830 g/mol. The highest BCUT2D eigenvalue weighted by molar-refractivity contribution is 6.22. The van der Waals surface area contributed by atoms with E-state index < -0.39 is 0 Å². The fourth-order valence-electron chi connectivity index (χ4n) is 11.6. The third kappa shape index (κ3) is 5.40. The fraction of sp³-hybridized carbons (Fsp3) is 0.0952. The van der Waals surface area contributed by atoms with Crippen LogP contribution in [-0.4, -0.2) is 0 Å². The van der Waals surface area contributed by atoms with E-state index in [4.69, 9.17) is 4.42 Å². The first kappa shape index (κ1) is 37.6. The first-order chi connectivity index (χ1) is 31.7. The normalized spacial score (nSPS) is 14.1. The molecule has 1 heterocycles. The lowest BCUT2D eigenvalue weighted by atomic mass is 9.79. The van der Waals surface area contributed by atoms with Crippen LogP contribution in [0.25, 0.3) is 110 Å². The minimum absolute atomic E-state index is 0.111. The molecule has 306 valence electrons. The van der Waals surface area contributed by atoms with E-state index in [9.17, 15) is 5.26 Å². The molecule has 2 aliphatic rings. The summed E-state index contributed by atoms with van der Waals surface area (Å²) in [4.78, 5) is 0. The van der Waals surface area contributed by atoms with Crippen molar-refractivity contribution in [2.45, 2.75) is 38.5 Å². The van der Waals surface area contributed by atoms with Crippen LogP contribution in [0, 0.1) is 11.3 Å². The highest BCUT2D eigenvalue weighted by Gasteiger charge is 2.37. The summed E-state index contributed by atoms with van der Waals surface area (Å²) in [5, 5.41) is 16.6. The van der Waals surface area contributed by atoms with E-state index >= 15 is 0 Å². The lowest BCUT2D eigenvalue weighted by Gasteiger charge is -2.24. The van der Waals surface area contributed by atoms with Gasteiger partial charge in [-0.1, -0.05) is 167 Å². The Morgan fingerprint density at radius 3 is 1.32 bits per heavy atom. The van der Waals surface area contributed by atoms with Gasteiger partial charge in [0.2, 0.25) is 0 Å². The second-order valence-corrected chi connectivity index (χ2v) is 19.1. The van der Waals surface area contributed by atoms with Crippen molar-refractivity contribution in [1.82, 2.24) is 0 Å². The third-order valence-corrected chi connectivity index (χ3v) is 14.9. The average Bonchev–Trinajstić information content (AvgIpc) is 3.91. The van der Waals surface area contributed by atoms with Gasteiger partial charge in [0.05, 0.1) is 11.6 Å². The molecule has 13 rings (SSSR count). The molecule has 0 amide bonds. The molecule has 0 spiro atoms. The summed E-state index contributed by atoms with van der Waals surface area (Å²) in [7, 11) is 0. The van der Waals surface area contributed by atoms with Crippen molar-refractivity contribution in [3.63, 3.8) is 0 Å². The summed E-state index contributed by atoms with van der Waals surface area (Å²) in [6.45, 7) is 9.48. The highest BCUT2D eigenvalue weighted by atomic mass is 16.3. The molecule has 11 aromatic rings. The van der Waals surface area contributed by atoms with Gasteiger partial charge in [-0.3, -0.25) is 0 Å². The summed E-state index contributed by atoms with van der Waals surface area (Å²) in [6, 6.07) is 71.6. The number of benzene rings is 10.